The second-order valence-electron chi connectivity index (χ2n) is 7.24. The molecule has 0 nitrogen and oxygen atoms in total. The molecule has 2 fully saturated rings. The molecule has 0 aromatic heterocycles. The summed E-state index contributed by atoms with van der Waals surface area (Å²) >= 11 is 0. The third-order valence-electron chi connectivity index (χ3n) is 5.51. The lowest BCUT2D eigenvalue weighted by Gasteiger charge is -2.24. The van der Waals surface area contributed by atoms with Crippen molar-refractivity contribution in [2.75, 3.05) is 0 Å². The molecule has 2 saturated carbocycles. The van der Waals surface area contributed by atoms with Gasteiger partial charge in [-0.3, -0.25) is 0 Å². The number of hydrogen-bond donors (Lipinski definition) is 0. The van der Waals surface area contributed by atoms with Crippen LogP contribution in [0.4, 0.5) is 0 Å². The summed E-state index contributed by atoms with van der Waals surface area (Å²) in [6, 6.07) is 9.42. The summed E-state index contributed by atoms with van der Waals surface area (Å²) in [4.78, 5) is 0. The lowest BCUT2D eigenvalue weighted by molar-refractivity contribution is 0.277. The van der Waals surface area contributed by atoms with Gasteiger partial charge in [0.15, 0.2) is 6.71 Å². The van der Waals surface area contributed by atoms with Crippen LogP contribution in [0.1, 0.15) is 44.1 Å². The van der Waals surface area contributed by atoms with Crippen molar-refractivity contribution in [3.8, 4) is 0 Å². The van der Waals surface area contributed by atoms with Crippen LogP contribution < -0.4 is 5.46 Å². The van der Waals surface area contributed by atoms with Gasteiger partial charge in [0.25, 0.3) is 0 Å². The van der Waals surface area contributed by atoms with Gasteiger partial charge in [-0.15, -0.1) is 0 Å². The van der Waals surface area contributed by atoms with E-state index in [0.29, 0.717) is 6.71 Å². The summed E-state index contributed by atoms with van der Waals surface area (Å²) in [6.45, 7) is 5.20. The maximum absolute atomic E-state index is 2.37. The fraction of sp³-hybridized carbons (Fsp3) is 0.667. The van der Waals surface area contributed by atoms with E-state index in [0.717, 1.165) is 17.8 Å². The fourth-order valence-electron chi connectivity index (χ4n) is 4.40. The highest BCUT2D eigenvalue weighted by Crippen LogP contribution is 2.45. The lowest BCUT2D eigenvalue weighted by Crippen LogP contribution is -2.22. The van der Waals surface area contributed by atoms with Crippen LogP contribution in [0.3, 0.4) is 0 Å². The first-order valence-corrected chi connectivity index (χ1v) is 8.31. The molecule has 102 valence electrons. The molecule has 0 aliphatic heterocycles. The molecule has 0 spiro atoms. The van der Waals surface area contributed by atoms with Gasteiger partial charge < -0.3 is 0 Å². The first-order chi connectivity index (χ1) is 9.22. The van der Waals surface area contributed by atoms with Crippen molar-refractivity contribution in [1.29, 1.82) is 0 Å². The van der Waals surface area contributed by atoms with Crippen molar-refractivity contribution in [2.45, 2.75) is 58.6 Å². The number of rotatable bonds is 3. The largest absolute Gasteiger partial charge is 0.169 e. The molecule has 2 aliphatic rings. The van der Waals surface area contributed by atoms with Crippen molar-refractivity contribution < 1.29 is 0 Å². The minimum absolute atomic E-state index is 0.656. The van der Waals surface area contributed by atoms with Crippen LogP contribution in [0, 0.1) is 17.8 Å². The van der Waals surface area contributed by atoms with Crippen LogP contribution in [-0.4, -0.2) is 6.71 Å². The van der Waals surface area contributed by atoms with E-state index in [1.807, 2.05) is 0 Å². The Labute approximate surface area is 119 Å². The predicted octanol–water partition coefficient (Wildman–Crippen LogP) is 4.41. The van der Waals surface area contributed by atoms with Gasteiger partial charge in [0, 0.05) is 0 Å². The Morgan fingerprint density at radius 1 is 0.947 bits per heavy atom. The van der Waals surface area contributed by atoms with Gasteiger partial charge in [-0.05, 0) is 42.6 Å². The molecule has 1 aromatic rings. The zero-order chi connectivity index (χ0) is 13.2. The van der Waals surface area contributed by atoms with Crippen LogP contribution in [-0.2, 0) is 6.42 Å². The molecule has 2 aliphatic carbocycles. The summed E-state index contributed by atoms with van der Waals surface area (Å²) in [5.74, 6) is 3.13. The standard InChI is InChI=1S/C18H27B/c1-19(2)18-9-7-14(8-10-18)11-15-12-16-5-3-4-6-17(16)13-15/h7-10,15-17H,3-6,11-13H2,1-2H3. The van der Waals surface area contributed by atoms with Crippen LogP contribution in [0.5, 0.6) is 0 Å². The molecule has 3 rings (SSSR count). The molecule has 0 N–H and O–H groups in total. The highest BCUT2D eigenvalue weighted by molar-refractivity contribution is 6.70. The van der Waals surface area contributed by atoms with E-state index in [1.165, 1.54) is 50.4 Å². The van der Waals surface area contributed by atoms with Crippen molar-refractivity contribution >= 4 is 12.2 Å². The molecule has 0 amide bonds. The average molecular weight is 254 g/mol. The van der Waals surface area contributed by atoms with Crippen molar-refractivity contribution in [3.63, 3.8) is 0 Å². The Morgan fingerprint density at radius 2 is 1.53 bits per heavy atom. The highest BCUT2D eigenvalue weighted by atomic mass is 14.4. The minimum Gasteiger partial charge on any atom is -0.0819 e. The quantitative estimate of drug-likeness (QED) is 0.701. The van der Waals surface area contributed by atoms with Crippen molar-refractivity contribution in [3.05, 3.63) is 29.8 Å². The fourth-order valence-corrected chi connectivity index (χ4v) is 4.40. The molecule has 0 saturated heterocycles. The smallest absolute Gasteiger partial charge is 0.0819 e. The maximum Gasteiger partial charge on any atom is 0.169 e. The van der Waals surface area contributed by atoms with Crippen LogP contribution >= 0.6 is 0 Å². The summed E-state index contributed by atoms with van der Waals surface area (Å²) in [5, 5.41) is 0. The van der Waals surface area contributed by atoms with Crippen molar-refractivity contribution in [2.24, 2.45) is 17.8 Å². The average Bonchev–Trinajstić information content (AvgIpc) is 2.81. The van der Waals surface area contributed by atoms with E-state index < -0.39 is 0 Å². The van der Waals surface area contributed by atoms with Crippen LogP contribution in [0.15, 0.2) is 24.3 Å². The normalized spacial score (nSPS) is 30.1. The summed E-state index contributed by atoms with van der Waals surface area (Å²) in [6.07, 6.45) is 10.4. The molecule has 2 unspecified atom stereocenters. The van der Waals surface area contributed by atoms with Crippen LogP contribution in [0.25, 0.3) is 0 Å². The molecule has 0 radical (unpaired) electrons. The Morgan fingerprint density at radius 3 is 2.05 bits per heavy atom. The molecule has 2 atom stereocenters. The molecule has 0 bridgehead atoms. The zero-order valence-corrected chi connectivity index (χ0v) is 12.6. The van der Waals surface area contributed by atoms with E-state index in [1.54, 1.807) is 5.56 Å². The molecular formula is C18H27B. The Hall–Kier alpha value is -0.715. The second-order valence-corrected chi connectivity index (χ2v) is 7.24. The topological polar surface area (TPSA) is 0 Å². The van der Waals surface area contributed by atoms with Gasteiger partial charge in [0.05, 0.1) is 0 Å². The number of fused-ring (bicyclic) bond motifs is 1. The van der Waals surface area contributed by atoms with E-state index in [4.69, 9.17) is 0 Å². The van der Waals surface area contributed by atoms with E-state index >= 15 is 0 Å². The minimum atomic E-state index is 0.656. The number of hydrogen-bond acceptors (Lipinski definition) is 0. The molecule has 1 heteroatoms. The first-order valence-electron chi connectivity index (χ1n) is 8.31. The van der Waals surface area contributed by atoms with E-state index in [9.17, 15) is 0 Å². The van der Waals surface area contributed by atoms with Gasteiger partial charge in [-0.1, -0.05) is 69.1 Å². The summed E-state index contributed by atoms with van der Waals surface area (Å²) in [5.41, 5.74) is 3.04. The molecule has 0 heterocycles. The molecule has 19 heavy (non-hydrogen) atoms. The Kier molecular flexibility index (Phi) is 4.00. The first kappa shape index (κ1) is 13.3. The summed E-state index contributed by atoms with van der Waals surface area (Å²) < 4.78 is 0. The maximum atomic E-state index is 2.37. The van der Waals surface area contributed by atoms with Gasteiger partial charge in [-0.25, -0.2) is 0 Å². The number of benzene rings is 1. The molecule has 1 aromatic carbocycles. The van der Waals surface area contributed by atoms with Gasteiger partial charge in [0.1, 0.15) is 0 Å². The van der Waals surface area contributed by atoms with Crippen molar-refractivity contribution in [1.82, 2.24) is 0 Å². The third kappa shape index (κ3) is 3.07. The monoisotopic (exact) mass is 254 g/mol. The van der Waals surface area contributed by atoms with Crippen LogP contribution in [0.2, 0.25) is 13.6 Å². The van der Waals surface area contributed by atoms with Gasteiger partial charge in [-0.2, -0.15) is 0 Å². The zero-order valence-electron chi connectivity index (χ0n) is 12.6. The predicted molar refractivity (Wildman–Crippen MR) is 85.4 cm³/mol. The highest BCUT2D eigenvalue weighted by Gasteiger charge is 2.35. The Bertz CT molecular complexity index is 392. The Balaban J connectivity index is 1.59. The summed E-state index contributed by atoms with van der Waals surface area (Å²) in [7, 11) is 0. The molecular weight excluding hydrogens is 227 g/mol. The SMILES string of the molecule is CB(C)c1ccc(CC2CC3CCCCC3C2)cc1. The lowest BCUT2D eigenvalue weighted by atomic mass is 9.49. The van der Waals surface area contributed by atoms with E-state index in [-0.39, 0.29) is 0 Å². The second kappa shape index (κ2) is 5.73. The van der Waals surface area contributed by atoms with Gasteiger partial charge in [0.2, 0.25) is 0 Å². The van der Waals surface area contributed by atoms with Gasteiger partial charge >= 0.3 is 0 Å². The third-order valence-corrected chi connectivity index (χ3v) is 5.51. The van der Waals surface area contributed by atoms with E-state index in [2.05, 4.69) is 37.9 Å².